The highest BCUT2D eigenvalue weighted by Crippen LogP contribution is 2.59. The topological polar surface area (TPSA) is 70.1 Å². The molecule has 0 radical (unpaired) electrons. The van der Waals surface area contributed by atoms with E-state index < -0.39 is 15.9 Å². The molecule has 0 saturated heterocycles. The van der Waals surface area contributed by atoms with Crippen LogP contribution in [0.1, 0.15) is 69.9 Å². The summed E-state index contributed by atoms with van der Waals surface area (Å²) in [5, 5.41) is 15.1. The van der Waals surface area contributed by atoms with Gasteiger partial charge in [-0.1, -0.05) is 114 Å². The molecule has 0 bridgehead atoms. The van der Waals surface area contributed by atoms with Crippen LogP contribution in [0, 0.1) is 0 Å². The van der Waals surface area contributed by atoms with E-state index in [1.54, 1.807) is 53.0 Å². The van der Waals surface area contributed by atoms with E-state index in [9.17, 15) is 13.5 Å². The fraction of sp³-hybridized carbons (Fsp3) is 0.176. The molecule has 8 aromatic rings. The lowest BCUT2D eigenvalue weighted by molar-refractivity contribution is 0.212. The molecule has 0 fully saturated rings. The monoisotopic (exact) mass is 844 g/mol. The van der Waals surface area contributed by atoms with Gasteiger partial charge in [0.1, 0.15) is 11.1 Å². The Morgan fingerprint density at radius 3 is 1.73 bits per heavy atom. The van der Waals surface area contributed by atoms with Crippen LogP contribution in [0.4, 0.5) is 33.4 Å². The third kappa shape index (κ3) is 6.17. The molecule has 4 heterocycles. The van der Waals surface area contributed by atoms with E-state index in [4.69, 9.17) is 4.74 Å². The van der Waals surface area contributed by atoms with Gasteiger partial charge >= 0.3 is 0 Å². The van der Waals surface area contributed by atoms with Crippen LogP contribution in [0.15, 0.2) is 155 Å². The van der Waals surface area contributed by atoms with Crippen molar-refractivity contribution in [1.29, 1.82) is 0 Å². The van der Waals surface area contributed by atoms with Crippen LogP contribution >= 0.6 is 22.7 Å². The van der Waals surface area contributed by atoms with Crippen molar-refractivity contribution in [3.63, 3.8) is 0 Å². The van der Waals surface area contributed by atoms with Gasteiger partial charge in [-0.05, 0) is 94.3 Å². The first-order valence-electron chi connectivity index (χ1n) is 20.1. The third-order valence-electron chi connectivity index (χ3n) is 11.6. The average molecular weight is 845 g/mol. The van der Waals surface area contributed by atoms with Crippen LogP contribution in [0.3, 0.4) is 0 Å². The number of thiophene rings is 2. The zero-order valence-electron chi connectivity index (χ0n) is 34.2. The summed E-state index contributed by atoms with van der Waals surface area (Å²) in [5.74, 6) is 1.55. The number of ether oxygens (including phenoxy) is 1. The molecule has 9 heteroatoms. The van der Waals surface area contributed by atoms with Crippen molar-refractivity contribution in [3.05, 3.63) is 167 Å². The largest absolute Gasteiger partial charge is 0.453 e. The third-order valence-corrected chi connectivity index (χ3v) is 15.8. The normalized spacial score (nSPS) is 15.4. The molecule has 60 heavy (non-hydrogen) atoms. The number of nitrogens with zero attached hydrogens (tertiary/aromatic N) is 2. The van der Waals surface area contributed by atoms with E-state index in [-0.39, 0.29) is 20.6 Å². The van der Waals surface area contributed by atoms with Gasteiger partial charge in [-0.25, -0.2) is 8.42 Å². The van der Waals surface area contributed by atoms with Crippen LogP contribution in [-0.2, 0) is 20.7 Å². The molecule has 6 aromatic carbocycles. The first-order valence-corrected chi connectivity index (χ1v) is 23.3. The maximum atomic E-state index is 14.0. The van der Waals surface area contributed by atoms with E-state index in [2.05, 4.69) is 117 Å². The minimum absolute atomic E-state index is 0.0308. The number of benzene rings is 6. The van der Waals surface area contributed by atoms with Gasteiger partial charge in [0.2, 0.25) is 9.84 Å². The number of para-hydroxylation sites is 4. The molecule has 10 rings (SSSR count). The number of sulfone groups is 1. The quantitative estimate of drug-likeness (QED) is 0.186. The smallest absolute Gasteiger partial charge is 0.207 e. The van der Waals surface area contributed by atoms with Crippen LogP contribution in [0.25, 0.3) is 20.5 Å². The molecule has 0 spiro atoms. The van der Waals surface area contributed by atoms with Crippen molar-refractivity contribution in [2.24, 2.45) is 0 Å². The summed E-state index contributed by atoms with van der Waals surface area (Å²) >= 11 is 3.38. The standard InChI is InChI=1S/C51H44N2O4S3/c1-50(2,3)32-20-24-34(25-21-32)52(35-26-22-33(23-27-35)51(4,5)6)49-45(31-19-28-44-37(29-31)46(54)36-13-7-12-18-43(36)60(44,55)56)48-47(59-49)40(30-58-48)53-38-14-8-10-16-41(38)57-42-17-11-9-15-39(42)53/h7-30,46,54H,1-6H3. The van der Waals surface area contributed by atoms with Crippen molar-refractivity contribution >= 4 is 75.3 Å². The molecule has 2 aromatic heterocycles. The SMILES string of the molecule is CC(C)(C)c1ccc(N(c2ccc(C(C)(C)C)cc2)c2sc3c(N4c5ccccc5Oc5ccccc54)csc3c2-c2ccc3c(c2)C(O)c2ccccc2S3(=O)=O)cc1. The molecule has 0 saturated carbocycles. The maximum absolute atomic E-state index is 14.0. The Bertz CT molecular complexity index is 2970. The van der Waals surface area contributed by atoms with Crippen molar-refractivity contribution in [2.45, 2.75) is 68.3 Å². The molecule has 0 amide bonds. The number of aliphatic hydroxyl groups excluding tert-OH is 1. The van der Waals surface area contributed by atoms with Gasteiger partial charge in [-0.3, -0.25) is 0 Å². The second-order valence-corrected chi connectivity index (χ2v) is 21.3. The molecule has 0 aliphatic carbocycles. The zero-order valence-corrected chi connectivity index (χ0v) is 36.7. The summed E-state index contributed by atoms with van der Waals surface area (Å²) in [5.41, 5.74) is 9.87. The summed E-state index contributed by atoms with van der Waals surface area (Å²) in [6.45, 7) is 13.4. The molecule has 2 aliphatic rings. The highest BCUT2D eigenvalue weighted by molar-refractivity contribution is 7.91. The molecular formula is C51H44N2O4S3. The minimum atomic E-state index is -3.86. The predicted octanol–water partition coefficient (Wildman–Crippen LogP) is 14.5. The second-order valence-electron chi connectivity index (χ2n) is 17.6. The minimum Gasteiger partial charge on any atom is -0.453 e. The summed E-state index contributed by atoms with van der Waals surface area (Å²) in [4.78, 5) is 4.90. The van der Waals surface area contributed by atoms with Crippen molar-refractivity contribution in [3.8, 4) is 22.6 Å². The maximum Gasteiger partial charge on any atom is 0.207 e. The Morgan fingerprint density at radius 2 is 1.15 bits per heavy atom. The van der Waals surface area contributed by atoms with Crippen LogP contribution in [0.2, 0.25) is 0 Å². The first-order chi connectivity index (χ1) is 28.7. The molecule has 6 nitrogen and oxygen atoms in total. The predicted molar refractivity (Wildman–Crippen MR) is 248 cm³/mol. The van der Waals surface area contributed by atoms with Gasteiger partial charge in [0.25, 0.3) is 0 Å². The Kier molecular flexibility index (Phi) is 8.93. The summed E-state index contributed by atoms with van der Waals surface area (Å²) < 4.78 is 36.6. The van der Waals surface area contributed by atoms with Crippen molar-refractivity contribution in [2.75, 3.05) is 9.80 Å². The average Bonchev–Trinajstić information content (AvgIpc) is 3.81. The summed E-state index contributed by atoms with van der Waals surface area (Å²) in [6.07, 6.45) is -1.11. The van der Waals surface area contributed by atoms with Crippen LogP contribution in [-0.4, -0.2) is 13.5 Å². The van der Waals surface area contributed by atoms with Crippen LogP contribution < -0.4 is 14.5 Å². The molecule has 1 unspecified atom stereocenters. The molecule has 1 N–H and O–H groups in total. The van der Waals surface area contributed by atoms with Gasteiger partial charge in [-0.15, -0.1) is 22.7 Å². The second kappa shape index (κ2) is 13.9. The Hall–Kier alpha value is -5.71. The summed E-state index contributed by atoms with van der Waals surface area (Å²) in [6, 6.07) is 46.1. The Balaban J connectivity index is 1.25. The number of hydrogen-bond donors (Lipinski definition) is 1. The zero-order chi connectivity index (χ0) is 41.7. The fourth-order valence-electron chi connectivity index (χ4n) is 8.39. The van der Waals surface area contributed by atoms with E-state index in [1.807, 2.05) is 48.5 Å². The fourth-order valence-corrected chi connectivity index (χ4v) is 12.8. The molecule has 1 atom stereocenters. The number of fused-ring (bicyclic) bond motifs is 5. The Morgan fingerprint density at radius 1 is 0.617 bits per heavy atom. The van der Waals surface area contributed by atoms with Gasteiger partial charge in [-0.2, -0.15) is 0 Å². The number of hydrogen-bond acceptors (Lipinski definition) is 8. The van der Waals surface area contributed by atoms with E-state index in [0.717, 1.165) is 65.5 Å². The van der Waals surface area contributed by atoms with E-state index in [1.165, 1.54) is 11.1 Å². The van der Waals surface area contributed by atoms with Gasteiger partial charge in [0.15, 0.2) is 11.5 Å². The molecule has 300 valence electrons. The lowest BCUT2D eigenvalue weighted by Crippen LogP contribution is -2.18. The van der Waals surface area contributed by atoms with E-state index in [0.29, 0.717) is 11.1 Å². The van der Waals surface area contributed by atoms with Gasteiger partial charge in [0, 0.05) is 33.4 Å². The Labute approximate surface area is 359 Å². The number of aliphatic hydroxyl groups is 1. The van der Waals surface area contributed by atoms with Gasteiger partial charge in [0.05, 0.1) is 36.3 Å². The molecular weight excluding hydrogens is 801 g/mol. The summed E-state index contributed by atoms with van der Waals surface area (Å²) in [7, 11) is -3.86. The van der Waals surface area contributed by atoms with Gasteiger partial charge < -0.3 is 19.6 Å². The highest BCUT2D eigenvalue weighted by Gasteiger charge is 2.36. The lowest BCUT2D eigenvalue weighted by Gasteiger charge is -2.32. The lowest BCUT2D eigenvalue weighted by atomic mass is 9.86. The number of rotatable bonds is 5. The van der Waals surface area contributed by atoms with Crippen LogP contribution in [0.5, 0.6) is 11.5 Å². The van der Waals surface area contributed by atoms with Crippen molar-refractivity contribution in [1.82, 2.24) is 0 Å². The highest BCUT2D eigenvalue weighted by atomic mass is 32.2. The number of anilines is 6. The molecule has 2 aliphatic heterocycles. The first kappa shape index (κ1) is 38.5. The van der Waals surface area contributed by atoms with E-state index >= 15 is 0 Å². The van der Waals surface area contributed by atoms with Crippen molar-refractivity contribution < 1.29 is 18.3 Å².